The molecule has 1 unspecified atom stereocenters. The van der Waals surface area contributed by atoms with Gasteiger partial charge in [0.15, 0.2) is 19.8 Å². The van der Waals surface area contributed by atoms with Crippen LogP contribution in [0.2, 0.25) is 18.1 Å². The second-order valence-electron chi connectivity index (χ2n) is 12.9. The number of rotatable bonds is 15. The van der Waals surface area contributed by atoms with Gasteiger partial charge in [-0.05, 0) is 35.8 Å². The molecule has 0 fully saturated rings. The molecular weight excluding hydrogens is 612 g/mol. The van der Waals surface area contributed by atoms with Crippen LogP contribution in [0, 0.1) is 0 Å². The predicted molar refractivity (Wildman–Crippen MR) is 188 cm³/mol. The maximum atomic E-state index is 14.1. The minimum Gasteiger partial charge on any atom is -0.496 e. The lowest BCUT2D eigenvalue weighted by atomic mass is 9.95. The first kappa shape index (κ1) is 35.6. The fraction of sp³-hybridized carbons (Fsp3) is 0.395. The van der Waals surface area contributed by atoms with Crippen molar-refractivity contribution < 1.29 is 37.6 Å². The van der Waals surface area contributed by atoms with Crippen LogP contribution in [0.4, 0.5) is 0 Å². The van der Waals surface area contributed by atoms with Crippen molar-refractivity contribution in [2.75, 3.05) is 35.5 Å². The Kier molecular flexibility index (Phi) is 11.5. The van der Waals surface area contributed by atoms with E-state index in [1.54, 1.807) is 41.6 Å². The third kappa shape index (κ3) is 7.85. The summed E-state index contributed by atoms with van der Waals surface area (Å²) in [6.07, 6.45) is -0.287. The van der Waals surface area contributed by atoms with Gasteiger partial charge in [-0.2, -0.15) is 0 Å². The monoisotopic (exact) mass is 660 g/mol. The largest absolute Gasteiger partial charge is 0.496 e. The van der Waals surface area contributed by atoms with Crippen LogP contribution in [0.15, 0.2) is 66.7 Å². The lowest BCUT2D eigenvalue weighted by Gasteiger charge is -2.39. The van der Waals surface area contributed by atoms with Crippen molar-refractivity contribution in [3.8, 4) is 34.5 Å². The summed E-state index contributed by atoms with van der Waals surface area (Å²) < 4.78 is 42.2. The van der Waals surface area contributed by atoms with Gasteiger partial charge in [0, 0.05) is 30.0 Å². The summed E-state index contributed by atoms with van der Waals surface area (Å²) in [5, 5.41) is 1.19. The highest BCUT2D eigenvalue weighted by Gasteiger charge is 2.40. The standard InChI is InChI=1S/C38H48O8Si/c1-38(2,3)47(9,10)46-30(28-18-14-15-19-29(28)45-24-25-16-12-11-13-17-25)22-27(39)20-26-21-31(40-4)35-34(36(26)43-7)32(41-5)23-33(42-6)37(35)44-8/h11-19,21,23,30H,20,22,24H2,1-10H3. The second-order valence-corrected chi connectivity index (χ2v) is 17.7. The molecule has 0 saturated heterocycles. The average molecular weight is 661 g/mol. The van der Waals surface area contributed by atoms with Gasteiger partial charge in [-0.25, -0.2) is 0 Å². The van der Waals surface area contributed by atoms with Gasteiger partial charge in [0.05, 0.1) is 52.4 Å². The molecular formula is C38H48O8Si. The zero-order valence-electron chi connectivity index (χ0n) is 29.3. The van der Waals surface area contributed by atoms with Crippen LogP contribution in [0.25, 0.3) is 10.8 Å². The molecule has 0 aromatic heterocycles. The number of carbonyl (C=O) groups excluding carboxylic acids is 1. The molecule has 9 heteroatoms. The Morgan fingerprint density at radius 2 is 1.28 bits per heavy atom. The van der Waals surface area contributed by atoms with Crippen LogP contribution in [-0.4, -0.2) is 49.6 Å². The molecule has 0 aliphatic rings. The summed E-state index contributed by atoms with van der Waals surface area (Å²) >= 11 is 0. The molecule has 252 valence electrons. The molecule has 47 heavy (non-hydrogen) atoms. The Hall–Kier alpha value is -4.21. The zero-order chi connectivity index (χ0) is 34.4. The molecule has 0 aliphatic heterocycles. The number of fused-ring (bicyclic) bond motifs is 1. The number of benzene rings is 4. The maximum Gasteiger partial charge on any atom is 0.192 e. The number of methoxy groups -OCH3 is 5. The smallest absolute Gasteiger partial charge is 0.192 e. The molecule has 4 aromatic rings. The quantitative estimate of drug-likeness (QED) is 0.117. The number of hydrogen-bond donors (Lipinski definition) is 0. The lowest BCUT2D eigenvalue weighted by molar-refractivity contribution is -0.120. The van der Waals surface area contributed by atoms with E-state index in [1.807, 2.05) is 60.7 Å². The van der Waals surface area contributed by atoms with Crippen molar-refractivity contribution in [3.05, 3.63) is 83.4 Å². The zero-order valence-corrected chi connectivity index (χ0v) is 30.3. The summed E-state index contributed by atoms with van der Waals surface area (Å²) in [4.78, 5) is 14.1. The number of para-hydroxylation sites is 1. The van der Waals surface area contributed by atoms with Gasteiger partial charge in [-0.1, -0.05) is 69.3 Å². The summed E-state index contributed by atoms with van der Waals surface area (Å²) in [6, 6.07) is 21.4. The van der Waals surface area contributed by atoms with Crippen LogP contribution in [-0.2, 0) is 22.2 Å². The van der Waals surface area contributed by atoms with Gasteiger partial charge >= 0.3 is 0 Å². The first-order chi connectivity index (χ1) is 22.4. The van der Waals surface area contributed by atoms with Gasteiger partial charge < -0.3 is 32.8 Å². The lowest BCUT2D eigenvalue weighted by Crippen LogP contribution is -2.42. The van der Waals surface area contributed by atoms with Gasteiger partial charge in [0.25, 0.3) is 0 Å². The van der Waals surface area contributed by atoms with Crippen LogP contribution in [0.3, 0.4) is 0 Å². The number of ketones is 1. The summed E-state index contributed by atoms with van der Waals surface area (Å²) in [6.45, 7) is 11.4. The molecule has 0 bridgehead atoms. The fourth-order valence-electron chi connectivity index (χ4n) is 5.43. The fourth-order valence-corrected chi connectivity index (χ4v) is 6.70. The van der Waals surface area contributed by atoms with E-state index < -0.39 is 14.4 Å². The number of carbonyl (C=O) groups is 1. The van der Waals surface area contributed by atoms with E-state index in [9.17, 15) is 4.79 Å². The number of Topliss-reactive ketones (excluding diaryl/α,β-unsaturated/α-hetero) is 1. The molecule has 0 heterocycles. The van der Waals surface area contributed by atoms with Crippen molar-refractivity contribution in [2.45, 2.75) is 64.5 Å². The average Bonchev–Trinajstić information content (AvgIpc) is 3.05. The van der Waals surface area contributed by atoms with Crippen molar-refractivity contribution in [2.24, 2.45) is 0 Å². The molecule has 8 nitrogen and oxygen atoms in total. The third-order valence-corrected chi connectivity index (χ3v) is 13.4. The second kappa shape index (κ2) is 15.1. The minimum atomic E-state index is -2.32. The van der Waals surface area contributed by atoms with E-state index in [1.165, 1.54) is 0 Å². The van der Waals surface area contributed by atoms with E-state index in [-0.39, 0.29) is 23.7 Å². The van der Waals surface area contributed by atoms with E-state index in [4.69, 9.17) is 32.8 Å². The van der Waals surface area contributed by atoms with E-state index in [0.29, 0.717) is 57.4 Å². The highest BCUT2D eigenvalue weighted by molar-refractivity contribution is 6.74. The molecule has 1 atom stereocenters. The van der Waals surface area contributed by atoms with Crippen molar-refractivity contribution in [3.63, 3.8) is 0 Å². The number of hydrogen-bond acceptors (Lipinski definition) is 8. The first-order valence-electron chi connectivity index (χ1n) is 15.7. The molecule has 4 rings (SSSR count). The highest BCUT2D eigenvalue weighted by Crippen LogP contribution is 2.51. The van der Waals surface area contributed by atoms with Gasteiger partial charge in [0.1, 0.15) is 35.4 Å². The Morgan fingerprint density at radius 1 is 0.702 bits per heavy atom. The minimum absolute atomic E-state index is 0.0225. The van der Waals surface area contributed by atoms with Crippen LogP contribution in [0.5, 0.6) is 34.5 Å². The topological polar surface area (TPSA) is 81.7 Å². The van der Waals surface area contributed by atoms with Crippen molar-refractivity contribution in [1.29, 1.82) is 0 Å². The molecule has 4 aromatic carbocycles. The first-order valence-corrected chi connectivity index (χ1v) is 18.6. The Morgan fingerprint density at radius 3 is 1.87 bits per heavy atom. The molecule has 0 amide bonds. The maximum absolute atomic E-state index is 14.1. The number of ether oxygens (including phenoxy) is 6. The van der Waals surface area contributed by atoms with Crippen molar-refractivity contribution >= 4 is 24.9 Å². The SMILES string of the molecule is COc1cc(OC)c2c(OC)c(CC(=O)CC(O[Si](C)(C)C(C)(C)C)c3ccccc3OCc3ccccc3)cc(OC)c2c1OC. The molecule has 0 N–H and O–H groups in total. The van der Waals surface area contributed by atoms with Crippen LogP contribution < -0.4 is 28.4 Å². The Bertz CT molecular complexity index is 1680. The van der Waals surface area contributed by atoms with E-state index >= 15 is 0 Å². The highest BCUT2D eigenvalue weighted by atomic mass is 28.4. The molecule has 0 radical (unpaired) electrons. The Balaban J connectivity index is 1.75. The van der Waals surface area contributed by atoms with E-state index in [2.05, 4.69) is 33.9 Å². The summed E-state index contributed by atoms with van der Waals surface area (Å²) in [5.74, 6) is 3.15. The molecule has 0 spiro atoms. The van der Waals surface area contributed by atoms with Gasteiger partial charge in [-0.3, -0.25) is 4.79 Å². The van der Waals surface area contributed by atoms with Crippen molar-refractivity contribution in [1.82, 2.24) is 0 Å². The summed E-state index contributed by atoms with van der Waals surface area (Å²) in [5.41, 5.74) is 2.57. The van der Waals surface area contributed by atoms with Crippen LogP contribution >= 0.6 is 0 Å². The van der Waals surface area contributed by atoms with Crippen LogP contribution in [0.1, 0.15) is 50.0 Å². The van der Waals surface area contributed by atoms with Gasteiger partial charge in [-0.15, -0.1) is 0 Å². The van der Waals surface area contributed by atoms with Gasteiger partial charge in [0.2, 0.25) is 0 Å². The molecule has 0 aliphatic carbocycles. The summed E-state index contributed by atoms with van der Waals surface area (Å²) in [7, 11) is 5.54. The normalized spacial score (nSPS) is 12.4. The third-order valence-electron chi connectivity index (χ3n) is 8.89. The Labute approximate surface area is 280 Å². The molecule has 0 saturated carbocycles. The van der Waals surface area contributed by atoms with E-state index in [0.717, 1.165) is 11.1 Å². The predicted octanol–water partition coefficient (Wildman–Crippen LogP) is 8.73.